The van der Waals surface area contributed by atoms with E-state index in [0.717, 1.165) is 44.3 Å². The molecule has 1 aromatic carbocycles. The lowest BCUT2D eigenvalue weighted by molar-refractivity contribution is 0.128. The van der Waals surface area contributed by atoms with E-state index in [1.165, 1.54) is 11.3 Å². The maximum absolute atomic E-state index is 6.21. The van der Waals surface area contributed by atoms with Crippen molar-refractivity contribution in [3.05, 3.63) is 28.8 Å². The minimum Gasteiger partial charge on any atom is -0.369 e. The van der Waals surface area contributed by atoms with Gasteiger partial charge in [-0.2, -0.15) is 0 Å². The van der Waals surface area contributed by atoms with Crippen LogP contribution in [0, 0.1) is 0 Å². The second-order valence-electron chi connectivity index (χ2n) is 6.70. The molecular formula is C17H28ClN3. The van der Waals surface area contributed by atoms with Crippen molar-refractivity contribution >= 4 is 17.3 Å². The smallest absolute Gasteiger partial charge is 0.0427 e. The first-order valence-corrected chi connectivity index (χ1v) is 8.28. The zero-order chi connectivity index (χ0) is 15.5. The molecule has 1 aromatic rings. The first-order chi connectivity index (χ1) is 9.91. The number of halogens is 1. The lowest BCUT2D eigenvalue weighted by atomic mass is 10.0. The maximum atomic E-state index is 6.21. The van der Waals surface area contributed by atoms with Crippen LogP contribution in [0.2, 0.25) is 5.02 Å². The summed E-state index contributed by atoms with van der Waals surface area (Å²) in [5.41, 5.74) is 2.88. The number of benzene rings is 1. The zero-order valence-electron chi connectivity index (χ0n) is 13.7. The molecule has 1 saturated heterocycles. The molecule has 0 bridgehead atoms. The van der Waals surface area contributed by atoms with E-state index in [9.17, 15) is 0 Å². The van der Waals surface area contributed by atoms with Gasteiger partial charge in [0.25, 0.3) is 0 Å². The quantitative estimate of drug-likeness (QED) is 0.920. The summed E-state index contributed by atoms with van der Waals surface area (Å²) in [5, 5.41) is 4.24. The Kier molecular flexibility index (Phi) is 5.53. The van der Waals surface area contributed by atoms with Crippen LogP contribution in [-0.2, 0) is 6.54 Å². The fourth-order valence-corrected chi connectivity index (χ4v) is 3.03. The number of hydrogen-bond donors (Lipinski definition) is 1. The van der Waals surface area contributed by atoms with Crippen LogP contribution in [0.5, 0.6) is 0 Å². The molecular weight excluding hydrogens is 282 g/mol. The van der Waals surface area contributed by atoms with Gasteiger partial charge in [0.05, 0.1) is 0 Å². The molecule has 21 heavy (non-hydrogen) atoms. The molecule has 4 heteroatoms. The molecule has 1 aliphatic rings. The molecule has 0 aromatic heterocycles. The predicted octanol–water partition coefficient (Wildman–Crippen LogP) is 3.37. The van der Waals surface area contributed by atoms with Crippen molar-refractivity contribution in [2.24, 2.45) is 0 Å². The predicted molar refractivity (Wildman–Crippen MR) is 92.4 cm³/mol. The van der Waals surface area contributed by atoms with E-state index in [-0.39, 0.29) is 5.54 Å². The van der Waals surface area contributed by atoms with Crippen molar-refractivity contribution in [3.8, 4) is 0 Å². The van der Waals surface area contributed by atoms with Gasteiger partial charge < -0.3 is 10.2 Å². The highest BCUT2D eigenvalue weighted by Gasteiger charge is 2.26. The molecule has 1 heterocycles. The Morgan fingerprint density at radius 2 is 1.81 bits per heavy atom. The second-order valence-corrected chi connectivity index (χ2v) is 7.13. The maximum Gasteiger partial charge on any atom is 0.0427 e. The molecule has 1 fully saturated rings. The molecule has 0 spiro atoms. The Bertz CT molecular complexity index is 460. The van der Waals surface area contributed by atoms with Gasteiger partial charge in [-0.3, -0.25) is 4.90 Å². The molecule has 0 atom stereocenters. The van der Waals surface area contributed by atoms with Crippen molar-refractivity contribution in [3.63, 3.8) is 0 Å². The van der Waals surface area contributed by atoms with Crippen molar-refractivity contribution in [1.82, 2.24) is 10.2 Å². The summed E-state index contributed by atoms with van der Waals surface area (Å²) in [6, 6.07) is 6.25. The molecule has 0 aliphatic carbocycles. The third kappa shape index (κ3) is 4.35. The fraction of sp³-hybridized carbons (Fsp3) is 0.647. The lowest BCUT2D eigenvalue weighted by Crippen LogP contribution is -2.53. The van der Waals surface area contributed by atoms with Gasteiger partial charge in [0.2, 0.25) is 0 Å². The van der Waals surface area contributed by atoms with Gasteiger partial charge in [0.15, 0.2) is 0 Å². The highest BCUT2D eigenvalue weighted by molar-refractivity contribution is 6.30. The van der Waals surface area contributed by atoms with Crippen molar-refractivity contribution in [1.29, 1.82) is 0 Å². The van der Waals surface area contributed by atoms with Crippen LogP contribution < -0.4 is 10.2 Å². The molecule has 1 N–H and O–H groups in total. The van der Waals surface area contributed by atoms with Crippen molar-refractivity contribution in [2.75, 3.05) is 37.6 Å². The first kappa shape index (κ1) is 16.6. The average molecular weight is 310 g/mol. The minimum absolute atomic E-state index is 0.257. The Balaban J connectivity index is 2.10. The number of rotatable bonds is 4. The van der Waals surface area contributed by atoms with E-state index < -0.39 is 0 Å². The zero-order valence-corrected chi connectivity index (χ0v) is 14.5. The molecule has 1 aliphatic heterocycles. The fourth-order valence-electron chi connectivity index (χ4n) is 2.86. The number of piperazine rings is 1. The first-order valence-electron chi connectivity index (χ1n) is 7.91. The van der Waals surface area contributed by atoms with E-state index in [2.05, 4.69) is 54.9 Å². The Labute approximate surface area is 134 Å². The molecule has 118 valence electrons. The largest absolute Gasteiger partial charge is 0.369 e. The topological polar surface area (TPSA) is 18.5 Å². The molecule has 2 rings (SSSR count). The summed E-state index contributed by atoms with van der Waals surface area (Å²) < 4.78 is 0. The Morgan fingerprint density at radius 1 is 1.14 bits per heavy atom. The van der Waals surface area contributed by atoms with E-state index >= 15 is 0 Å². The van der Waals surface area contributed by atoms with Crippen LogP contribution in [0.4, 0.5) is 5.69 Å². The van der Waals surface area contributed by atoms with Crippen molar-refractivity contribution < 1.29 is 0 Å². The Hall–Kier alpha value is -0.770. The van der Waals surface area contributed by atoms with Gasteiger partial charge in [0, 0.05) is 49.0 Å². The number of anilines is 1. The van der Waals surface area contributed by atoms with Crippen LogP contribution in [0.3, 0.4) is 0 Å². The van der Waals surface area contributed by atoms with Gasteiger partial charge in [0.1, 0.15) is 0 Å². The third-order valence-electron chi connectivity index (χ3n) is 4.18. The molecule has 0 radical (unpaired) electrons. The summed E-state index contributed by atoms with van der Waals surface area (Å²) in [6.45, 7) is 15.2. The number of nitrogens with one attached hydrogen (secondary N) is 1. The van der Waals surface area contributed by atoms with Crippen LogP contribution >= 0.6 is 11.6 Å². The molecule has 3 nitrogen and oxygen atoms in total. The highest BCUT2D eigenvalue weighted by atomic mass is 35.5. The minimum atomic E-state index is 0.257. The normalized spacial score (nSPS) is 17.3. The molecule has 0 amide bonds. The van der Waals surface area contributed by atoms with Gasteiger partial charge in [-0.15, -0.1) is 0 Å². The van der Waals surface area contributed by atoms with Gasteiger partial charge in [-0.05, 0) is 45.0 Å². The van der Waals surface area contributed by atoms with E-state index in [1.54, 1.807) is 0 Å². The van der Waals surface area contributed by atoms with Crippen LogP contribution in [0.15, 0.2) is 18.2 Å². The summed E-state index contributed by atoms with van der Waals surface area (Å²) in [5.74, 6) is 0. The highest BCUT2D eigenvalue weighted by Crippen LogP contribution is 2.27. The van der Waals surface area contributed by atoms with Gasteiger partial charge in [-0.25, -0.2) is 0 Å². The third-order valence-corrected chi connectivity index (χ3v) is 4.42. The van der Waals surface area contributed by atoms with Crippen molar-refractivity contribution in [2.45, 2.75) is 39.8 Å². The standard InChI is InChI=1S/C17H28ClN3/c1-5-19-13-14-6-7-15(18)12-16(14)20-8-10-21(11-9-20)17(2,3)4/h6-7,12,19H,5,8-11,13H2,1-4H3. The van der Waals surface area contributed by atoms with Gasteiger partial charge in [-0.1, -0.05) is 24.6 Å². The molecule has 0 unspecified atom stereocenters. The lowest BCUT2D eigenvalue weighted by Gasteiger charge is -2.43. The van der Waals surface area contributed by atoms with Crippen LogP contribution in [0.1, 0.15) is 33.3 Å². The van der Waals surface area contributed by atoms with E-state index in [1.807, 2.05) is 6.07 Å². The summed E-state index contributed by atoms with van der Waals surface area (Å²) in [7, 11) is 0. The second kappa shape index (κ2) is 6.99. The molecule has 0 saturated carbocycles. The summed E-state index contributed by atoms with van der Waals surface area (Å²) in [4.78, 5) is 5.03. The monoisotopic (exact) mass is 309 g/mol. The van der Waals surface area contributed by atoms with E-state index in [4.69, 9.17) is 11.6 Å². The Morgan fingerprint density at radius 3 is 2.38 bits per heavy atom. The average Bonchev–Trinajstić information content (AvgIpc) is 2.45. The number of hydrogen-bond acceptors (Lipinski definition) is 3. The SMILES string of the molecule is CCNCc1ccc(Cl)cc1N1CCN(C(C)(C)C)CC1. The van der Waals surface area contributed by atoms with Crippen LogP contribution in [0.25, 0.3) is 0 Å². The van der Waals surface area contributed by atoms with Gasteiger partial charge >= 0.3 is 0 Å². The summed E-state index contributed by atoms with van der Waals surface area (Å²) >= 11 is 6.21. The summed E-state index contributed by atoms with van der Waals surface area (Å²) in [6.07, 6.45) is 0. The van der Waals surface area contributed by atoms with E-state index in [0.29, 0.717) is 0 Å². The number of nitrogens with zero attached hydrogens (tertiary/aromatic N) is 2. The van der Waals surface area contributed by atoms with Crippen LogP contribution in [-0.4, -0.2) is 43.2 Å².